The van der Waals surface area contributed by atoms with Gasteiger partial charge in [0.1, 0.15) is 11.3 Å². The van der Waals surface area contributed by atoms with Gasteiger partial charge in [-0.1, -0.05) is 18.2 Å². The summed E-state index contributed by atoms with van der Waals surface area (Å²) in [6, 6.07) is 16.0. The molecule has 3 rings (SSSR count). The lowest BCUT2D eigenvalue weighted by Crippen LogP contribution is -2.29. The summed E-state index contributed by atoms with van der Waals surface area (Å²) in [7, 11) is 0. The molecule has 1 aromatic carbocycles. The van der Waals surface area contributed by atoms with Gasteiger partial charge >= 0.3 is 0 Å². The van der Waals surface area contributed by atoms with E-state index in [9.17, 15) is 10.0 Å². The lowest BCUT2D eigenvalue weighted by Gasteiger charge is -2.08. The van der Waals surface area contributed by atoms with E-state index in [1.54, 1.807) is 24.4 Å². The molecule has 1 N–H and O–H groups in total. The molecule has 0 saturated carbocycles. The Bertz CT molecular complexity index is 838. The molecule has 0 saturated heterocycles. The van der Waals surface area contributed by atoms with Gasteiger partial charge in [-0.15, -0.1) is 0 Å². The van der Waals surface area contributed by atoms with E-state index in [2.05, 4.69) is 10.3 Å². The van der Waals surface area contributed by atoms with Crippen LogP contribution >= 0.6 is 0 Å². The lowest BCUT2D eigenvalue weighted by molar-refractivity contribution is -0.605. The first-order valence-electron chi connectivity index (χ1n) is 7.35. The number of pyridine rings is 2. The molecule has 0 bridgehead atoms. The fraction of sp³-hybridized carbons (Fsp3) is 0.0556. The van der Waals surface area contributed by atoms with Crippen molar-refractivity contribution in [2.24, 2.45) is 0 Å². The monoisotopic (exact) mass is 321 g/mol. The van der Waals surface area contributed by atoms with Crippen molar-refractivity contribution in [3.05, 3.63) is 89.5 Å². The highest BCUT2D eigenvalue weighted by Gasteiger charge is 2.08. The highest BCUT2D eigenvalue weighted by molar-refractivity contribution is 5.93. The summed E-state index contributed by atoms with van der Waals surface area (Å²) in [6.45, 7) is 0.306. The smallest absolute Gasteiger partial charge is 0.257 e. The number of amides is 1. The number of para-hydroxylation sites is 1. The Morgan fingerprint density at radius 3 is 2.79 bits per heavy atom. The Morgan fingerprint density at radius 1 is 1.17 bits per heavy atom. The molecule has 0 aliphatic heterocycles. The number of benzene rings is 1. The third kappa shape index (κ3) is 4.07. The molecule has 0 aliphatic rings. The molecule has 120 valence electrons. The van der Waals surface area contributed by atoms with Crippen LogP contribution in [0.25, 0.3) is 0 Å². The third-order valence-corrected chi connectivity index (χ3v) is 3.26. The van der Waals surface area contributed by atoms with Crippen LogP contribution in [0.15, 0.2) is 73.2 Å². The van der Waals surface area contributed by atoms with Crippen LogP contribution in [0.5, 0.6) is 11.6 Å². The first kappa shape index (κ1) is 15.5. The van der Waals surface area contributed by atoms with Gasteiger partial charge in [-0.3, -0.25) is 4.79 Å². The van der Waals surface area contributed by atoms with Gasteiger partial charge in [0, 0.05) is 24.9 Å². The van der Waals surface area contributed by atoms with E-state index < -0.39 is 0 Å². The minimum absolute atomic E-state index is 0.306. The second-order valence-corrected chi connectivity index (χ2v) is 5.05. The molecule has 6 nitrogen and oxygen atoms in total. The van der Waals surface area contributed by atoms with Gasteiger partial charge in [0.15, 0.2) is 12.4 Å². The van der Waals surface area contributed by atoms with Gasteiger partial charge in [0.05, 0.1) is 0 Å². The molecule has 2 heterocycles. The number of nitrogens with one attached hydrogen (secondary N) is 1. The SMILES string of the molecule is O=C(NCc1ccnc(Oc2ccccc2)c1)c1ccc[n+]([O-])c1. The Kier molecular flexibility index (Phi) is 4.67. The maximum absolute atomic E-state index is 12.0. The summed E-state index contributed by atoms with van der Waals surface area (Å²) in [5, 5.41) is 14.0. The zero-order valence-corrected chi connectivity index (χ0v) is 12.8. The maximum atomic E-state index is 12.0. The molecule has 0 aliphatic carbocycles. The summed E-state index contributed by atoms with van der Waals surface area (Å²) >= 11 is 0. The minimum atomic E-state index is -0.317. The molecule has 1 amide bonds. The highest BCUT2D eigenvalue weighted by atomic mass is 16.5. The topological polar surface area (TPSA) is 78.2 Å². The van der Waals surface area contributed by atoms with Crippen LogP contribution in [0.2, 0.25) is 0 Å². The summed E-state index contributed by atoms with van der Waals surface area (Å²) in [5.41, 5.74) is 1.15. The van der Waals surface area contributed by atoms with Crippen molar-refractivity contribution in [2.45, 2.75) is 6.54 Å². The lowest BCUT2D eigenvalue weighted by atomic mass is 10.2. The second-order valence-electron chi connectivity index (χ2n) is 5.05. The van der Waals surface area contributed by atoms with E-state index in [-0.39, 0.29) is 5.91 Å². The second kappa shape index (κ2) is 7.23. The number of nitrogens with zero attached hydrogens (tertiary/aromatic N) is 2. The first-order valence-corrected chi connectivity index (χ1v) is 7.35. The van der Waals surface area contributed by atoms with Crippen LogP contribution < -0.4 is 14.8 Å². The van der Waals surface area contributed by atoms with Crippen LogP contribution in [0.4, 0.5) is 0 Å². The Hall–Kier alpha value is -3.41. The minimum Gasteiger partial charge on any atom is -0.619 e. The Morgan fingerprint density at radius 2 is 2.00 bits per heavy atom. The molecule has 0 atom stereocenters. The fourth-order valence-corrected chi connectivity index (χ4v) is 2.10. The quantitative estimate of drug-likeness (QED) is 0.578. The van der Waals surface area contributed by atoms with Crippen molar-refractivity contribution in [1.29, 1.82) is 0 Å². The van der Waals surface area contributed by atoms with E-state index >= 15 is 0 Å². The number of rotatable bonds is 5. The van der Waals surface area contributed by atoms with E-state index in [1.807, 2.05) is 30.3 Å². The summed E-state index contributed by atoms with van der Waals surface area (Å²) < 4.78 is 6.25. The molecular weight excluding hydrogens is 306 g/mol. The van der Waals surface area contributed by atoms with Crippen LogP contribution in [-0.4, -0.2) is 10.9 Å². The van der Waals surface area contributed by atoms with Gasteiger partial charge in [-0.25, -0.2) is 4.98 Å². The van der Waals surface area contributed by atoms with Crippen LogP contribution in [0, 0.1) is 5.21 Å². The number of carbonyl (C=O) groups excluding carboxylic acids is 1. The van der Waals surface area contributed by atoms with Crippen molar-refractivity contribution < 1.29 is 14.3 Å². The van der Waals surface area contributed by atoms with E-state index in [0.29, 0.717) is 28.5 Å². The predicted molar refractivity (Wildman–Crippen MR) is 87.3 cm³/mol. The Labute approximate surface area is 138 Å². The van der Waals surface area contributed by atoms with Crippen molar-refractivity contribution in [2.75, 3.05) is 0 Å². The van der Waals surface area contributed by atoms with E-state index in [4.69, 9.17) is 4.74 Å². The van der Waals surface area contributed by atoms with Gasteiger partial charge in [0.2, 0.25) is 5.88 Å². The largest absolute Gasteiger partial charge is 0.619 e. The Balaban J connectivity index is 1.63. The molecule has 3 aromatic rings. The number of hydrogen-bond donors (Lipinski definition) is 1. The number of hydrogen-bond acceptors (Lipinski definition) is 4. The van der Waals surface area contributed by atoms with E-state index in [1.165, 1.54) is 18.5 Å². The predicted octanol–water partition coefficient (Wildman–Crippen LogP) is 2.44. The molecule has 0 spiro atoms. The van der Waals surface area contributed by atoms with Crippen LogP contribution in [-0.2, 0) is 6.54 Å². The van der Waals surface area contributed by atoms with Gasteiger partial charge in [-0.2, -0.15) is 4.73 Å². The van der Waals surface area contributed by atoms with Crippen molar-refractivity contribution in [3.8, 4) is 11.6 Å². The van der Waals surface area contributed by atoms with Gasteiger partial charge in [0.25, 0.3) is 5.91 Å². The maximum Gasteiger partial charge on any atom is 0.257 e. The van der Waals surface area contributed by atoms with Gasteiger partial charge in [-0.05, 0) is 29.8 Å². The van der Waals surface area contributed by atoms with Crippen molar-refractivity contribution in [1.82, 2.24) is 10.3 Å². The molecular formula is C18H15N3O3. The van der Waals surface area contributed by atoms with Crippen LogP contribution in [0.1, 0.15) is 15.9 Å². The molecule has 2 aromatic heterocycles. The average Bonchev–Trinajstić information content (AvgIpc) is 2.61. The van der Waals surface area contributed by atoms with E-state index in [0.717, 1.165) is 5.56 Å². The molecule has 6 heteroatoms. The third-order valence-electron chi connectivity index (χ3n) is 3.26. The summed E-state index contributed by atoms with van der Waals surface area (Å²) in [4.78, 5) is 16.2. The molecule has 0 fully saturated rings. The molecule has 0 unspecified atom stereocenters. The highest BCUT2D eigenvalue weighted by Crippen LogP contribution is 2.19. The zero-order chi connectivity index (χ0) is 16.8. The molecule has 24 heavy (non-hydrogen) atoms. The average molecular weight is 321 g/mol. The first-order chi connectivity index (χ1) is 11.7. The summed E-state index contributed by atoms with van der Waals surface area (Å²) in [5.74, 6) is 0.822. The van der Waals surface area contributed by atoms with Crippen molar-refractivity contribution in [3.63, 3.8) is 0 Å². The standard InChI is InChI=1S/C18H15N3O3/c22-18(15-5-4-10-21(23)13-15)20-12-14-8-9-19-17(11-14)24-16-6-2-1-3-7-16/h1-11,13H,12H2,(H,20,22). The number of ether oxygens (including phenoxy) is 1. The molecule has 0 radical (unpaired) electrons. The number of carbonyl (C=O) groups is 1. The summed E-state index contributed by atoms with van der Waals surface area (Å²) in [6.07, 6.45) is 4.17. The zero-order valence-electron chi connectivity index (χ0n) is 12.8. The van der Waals surface area contributed by atoms with Gasteiger partial charge < -0.3 is 15.3 Å². The fourth-order valence-electron chi connectivity index (χ4n) is 2.10. The van der Waals surface area contributed by atoms with Crippen molar-refractivity contribution >= 4 is 5.91 Å². The number of aromatic nitrogens is 2. The normalized spacial score (nSPS) is 10.2. The van der Waals surface area contributed by atoms with Crippen LogP contribution in [0.3, 0.4) is 0 Å².